The van der Waals surface area contributed by atoms with Gasteiger partial charge in [0.2, 0.25) is 0 Å². The van der Waals surface area contributed by atoms with Crippen LogP contribution < -0.4 is 4.74 Å². The van der Waals surface area contributed by atoms with Crippen LogP contribution in [0.15, 0.2) is 18.2 Å². The Kier molecular flexibility index (Phi) is 4.33. The largest absolute Gasteiger partial charge is 0.491 e. The highest BCUT2D eigenvalue weighted by atomic mass is 16.5. The minimum absolute atomic E-state index is 0.608. The maximum absolute atomic E-state index is 5.44. The Labute approximate surface area is 79.5 Å². The third-order valence-corrected chi connectivity index (χ3v) is 1.62. The summed E-state index contributed by atoms with van der Waals surface area (Å²) >= 11 is 0. The molecule has 2 heteroatoms. The quantitative estimate of drug-likeness (QED) is 0.645. The van der Waals surface area contributed by atoms with Crippen LogP contribution >= 0.6 is 0 Å². The summed E-state index contributed by atoms with van der Waals surface area (Å²) in [6.45, 7) is 5.97. The summed E-state index contributed by atoms with van der Waals surface area (Å²) < 4.78 is 10.6. The molecule has 0 N–H and O–H groups in total. The Balaban J connectivity index is 2.28. The molecule has 0 aliphatic heterocycles. The fourth-order valence-corrected chi connectivity index (χ4v) is 1.01. The van der Waals surface area contributed by atoms with Gasteiger partial charge in [-0.05, 0) is 37.6 Å². The molecule has 0 amide bonds. The Morgan fingerprint density at radius 2 is 2.23 bits per heavy atom. The molecule has 0 spiro atoms. The van der Waals surface area contributed by atoms with Crippen molar-refractivity contribution < 1.29 is 9.47 Å². The number of hydrogen-bond acceptors (Lipinski definition) is 2. The van der Waals surface area contributed by atoms with Gasteiger partial charge >= 0.3 is 0 Å². The van der Waals surface area contributed by atoms with Crippen LogP contribution in [0.25, 0.3) is 0 Å². The smallest absolute Gasteiger partial charge is 0.119 e. The maximum atomic E-state index is 5.44. The van der Waals surface area contributed by atoms with E-state index in [0.29, 0.717) is 13.2 Å². The van der Waals surface area contributed by atoms with Crippen LogP contribution in [0.4, 0.5) is 0 Å². The zero-order valence-electron chi connectivity index (χ0n) is 8.17. The van der Waals surface area contributed by atoms with Crippen molar-refractivity contribution in [3.05, 3.63) is 29.8 Å². The minimum atomic E-state index is 0.608. The first-order valence-corrected chi connectivity index (χ1v) is 4.52. The first kappa shape index (κ1) is 10.1. The van der Waals surface area contributed by atoms with Gasteiger partial charge in [-0.3, -0.25) is 0 Å². The second-order valence-electron chi connectivity index (χ2n) is 2.75. The predicted octanol–water partition coefficient (Wildman–Crippen LogP) is 2.21. The van der Waals surface area contributed by atoms with E-state index >= 15 is 0 Å². The van der Waals surface area contributed by atoms with Crippen molar-refractivity contribution in [2.45, 2.75) is 13.8 Å². The molecule has 0 atom stereocenters. The SMILES string of the molecule is CCOCCOc1cc[c]c(C)c1. The van der Waals surface area contributed by atoms with Crippen molar-refractivity contribution in [1.29, 1.82) is 0 Å². The molecule has 0 unspecified atom stereocenters. The fraction of sp³-hybridized carbons (Fsp3) is 0.455. The van der Waals surface area contributed by atoms with Crippen LogP contribution in [0, 0.1) is 13.0 Å². The van der Waals surface area contributed by atoms with Crippen LogP contribution in [0.2, 0.25) is 0 Å². The van der Waals surface area contributed by atoms with Crippen LogP contribution in [-0.2, 0) is 4.74 Å². The molecule has 0 aliphatic rings. The molecule has 2 nitrogen and oxygen atoms in total. The summed E-state index contributed by atoms with van der Waals surface area (Å²) in [6.07, 6.45) is 0. The molecule has 0 aromatic heterocycles. The minimum Gasteiger partial charge on any atom is -0.491 e. The van der Waals surface area contributed by atoms with E-state index in [1.165, 1.54) is 0 Å². The van der Waals surface area contributed by atoms with Crippen LogP contribution in [0.3, 0.4) is 0 Å². The summed E-state index contributed by atoms with van der Waals surface area (Å²) in [4.78, 5) is 0. The monoisotopic (exact) mass is 179 g/mol. The van der Waals surface area contributed by atoms with E-state index < -0.39 is 0 Å². The summed E-state index contributed by atoms with van der Waals surface area (Å²) in [7, 11) is 0. The fourth-order valence-electron chi connectivity index (χ4n) is 1.01. The molecule has 0 bridgehead atoms. The van der Waals surface area contributed by atoms with Gasteiger partial charge in [0.15, 0.2) is 0 Å². The molecule has 0 heterocycles. The van der Waals surface area contributed by atoms with Crippen molar-refractivity contribution in [2.75, 3.05) is 19.8 Å². The van der Waals surface area contributed by atoms with Crippen molar-refractivity contribution in [1.82, 2.24) is 0 Å². The Morgan fingerprint density at radius 3 is 2.92 bits per heavy atom. The molecule has 0 saturated heterocycles. The van der Waals surface area contributed by atoms with Crippen molar-refractivity contribution in [2.24, 2.45) is 0 Å². The third-order valence-electron chi connectivity index (χ3n) is 1.62. The van der Waals surface area contributed by atoms with E-state index in [0.717, 1.165) is 17.9 Å². The summed E-state index contributed by atoms with van der Waals surface area (Å²) in [5.74, 6) is 0.885. The van der Waals surface area contributed by atoms with Gasteiger partial charge in [-0.15, -0.1) is 0 Å². The summed E-state index contributed by atoms with van der Waals surface area (Å²) in [5, 5.41) is 0. The molecular formula is C11H15O2. The van der Waals surface area contributed by atoms with Gasteiger partial charge in [-0.2, -0.15) is 0 Å². The molecule has 0 aliphatic carbocycles. The molecule has 1 rings (SSSR count). The Hall–Kier alpha value is -1.02. The molecule has 13 heavy (non-hydrogen) atoms. The zero-order valence-corrected chi connectivity index (χ0v) is 8.17. The first-order chi connectivity index (χ1) is 6.33. The van der Waals surface area contributed by atoms with Crippen LogP contribution in [-0.4, -0.2) is 19.8 Å². The third kappa shape index (κ3) is 3.95. The number of hydrogen-bond donors (Lipinski definition) is 0. The van der Waals surface area contributed by atoms with E-state index in [4.69, 9.17) is 9.47 Å². The highest BCUT2D eigenvalue weighted by molar-refractivity contribution is 5.26. The van der Waals surface area contributed by atoms with Gasteiger partial charge in [0.1, 0.15) is 12.4 Å². The predicted molar refractivity (Wildman–Crippen MR) is 52.0 cm³/mol. The number of benzene rings is 1. The second-order valence-corrected chi connectivity index (χ2v) is 2.75. The Morgan fingerprint density at radius 1 is 1.38 bits per heavy atom. The van der Waals surface area contributed by atoms with Gasteiger partial charge in [0, 0.05) is 6.61 Å². The van der Waals surface area contributed by atoms with Gasteiger partial charge in [-0.1, -0.05) is 6.07 Å². The molecule has 1 aromatic carbocycles. The van der Waals surface area contributed by atoms with Crippen LogP contribution in [0.1, 0.15) is 12.5 Å². The van der Waals surface area contributed by atoms with Gasteiger partial charge in [0.05, 0.1) is 6.61 Å². The maximum Gasteiger partial charge on any atom is 0.119 e. The number of aryl methyl sites for hydroxylation is 1. The second kappa shape index (κ2) is 5.60. The Bertz CT molecular complexity index is 246. The lowest BCUT2D eigenvalue weighted by Crippen LogP contribution is -2.06. The molecular weight excluding hydrogens is 164 g/mol. The van der Waals surface area contributed by atoms with Crippen LogP contribution in [0.5, 0.6) is 5.75 Å². The molecule has 1 radical (unpaired) electrons. The highest BCUT2D eigenvalue weighted by Crippen LogP contribution is 2.11. The number of ether oxygens (including phenoxy) is 2. The lowest BCUT2D eigenvalue weighted by molar-refractivity contribution is 0.110. The topological polar surface area (TPSA) is 18.5 Å². The standard InChI is InChI=1S/C11H15O2/c1-3-12-7-8-13-11-6-4-5-10(2)9-11/h4,6,9H,3,7-8H2,1-2H3. The zero-order chi connectivity index (χ0) is 9.52. The van der Waals surface area contributed by atoms with Gasteiger partial charge < -0.3 is 9.47 Å². The number of rotatable bonds is 5. The van der Waals surface area contributed by atoms with E-state index in [2.05, 4.69) is 6.07 Å². The van der Waals surface area contributed by atoms with Crippen molar-refractivity contribution in [3.8, 4) is 5.75 Å². The van der Waals surface area contributed by atoms with Gasteiger partial charge in [0.25, 0.3) is 0 Å². The molecule has 71 valence electrons. The summed E-state index contributed by atoms with van der Waals surface area (Å²) in [5.41, 5.74) is 1.09. The highest BCUT2D eigenvalue weighted by Gasteiger charge is 1.93. The normalized spacial score (nSPS) is 10.0. The lowest BCUT2D eigenvalue weighted by atomic mass is 10.2. The lowest BCUT2D eigenvalue weighted by Gasteiger charge is -2.06. The first-order valence-electron chi connectivity index (χ1n) is 4.52. The molecule has 1 aromatic rings. The van der Waals surface area contributed by atoms with Crippen molar-refractivity contribution >= 4 is 0 Å². The van der Waals surface area contributed by atoms with Gasteiger partial charge in [-0.25, -0.2) is 0 Å². The van der Waals surface area contributed by atoms with Crippen molar-refractivity contribution in [3.63, 3.8) is 0 Å². The average molecular weight is 179 g/mol. The van der Waals surface area contributed by atoms with E-state index in [1.54, 1.807) is 0 Å². The molecule has 0 saturated carbocycles. The van der Waals surface area contributed by atoms with E-state index in [1.807, 2.05) is 32.0 Å². The molecule has 0 fully saturated rings. The van der Waals surface area contributed by atoms with E-state index in [9.17, 15) is 0 Å². The summed E-state index contributed by atoms with van der Waals surface area (Å²) in [6, 6.07) is 8.79. The average Bonchev–Trinajstić information content (AvgIpc) is 2.13. The van der Waals surface area contributed by atoms with E-state index in [-0.39, 0.29) is 0 Å².